The molecule has 8 aromatic rings. The molecule has 0 saturated carbocycles. The molecule has 210 valence electrons. The van der Waals surface area contributed by atoms with Crippen LogP contribution in [0.25, 0.3) is 65.9 Å². The van der Waals surface area contributed by atoms with Crippen molar-refractivity contribution in [1.29, 1.82) is 0 Å². The van der Waals surface area contributed by atoms with Crippen molar-refractivity contribution in [3.63, 3.8) is 0 Å². The van der Waals surface area contributed by atoms with Crippen LogP contribution in [0.2, 0.25) is 0 Å². The Bertz CT molecular complexity index is 2260. The van der Waals surface area contributed by atoms with Crippen LogP contribution in [0.5, 0.6) is 0 Å². The molecule has 1 atom stereocenters. The molecule has 44 heavy (non-hydrogen) atoms. The quantitative estimate of drug-likeness (QED) is 0.207. The van der Waals surface area contributed by atoms with E-state index in [1.54, 1.807) is 0 Å². The molecule has 4 nitrogen and oxygen atoms in total. The lowest BCUT2D eigenvalue weighted by Gasteiger charge is -2.16. The number of fused-ring (bicyclic) bond motifs is 7. The van der Waals surface area contributed by atoms with Gasteiger partial charge in [0.15, 0.2) is 11.6 Å². The lowest BCUT2D eigenvalue weighted by Crippen LogP contribution is -2.11. The molecule has 1 unspecified atom stereocenters. The third-order valence-corrected chi connectivity index (χ3v) is 11.6. The van der Waals surface area contributed by atoms with Gasteiger partial charge in [-0.25, -0.2) is 4.98 Å². The third-order valence-electron chi connectivity index (χ3n) is 8.97. The Labute approximate surface area is 256 Å². The molecule has 3 aromatic heterocycles. The highest BCUT2D eigenvalue weighted by Crippen LogP contribution is 2.58. The zero-order valence-electron chi connectivity index (χ0n) is 24.2. The van der Waals surface area contributed by atoms with Crippen molar-refractivity contribution in [3.05, 3.63) is 139 Å². The van der Waals surface area contributed by atoms with E-state index in [4.69, 9.17) is 15.0 Å². The van der Waals surface area contributed by atoms with Crippen LogP contribution in [-0.4, -0.2) is 19.5 Å². The van der Waals surface area contributed by atoms with Crippen LogP contribution in [0.1, 0.15) is 24.1 Å². The van der Waals surface area contributed by atoms with Crippen LogP contribution in [0.4, 0.5) is 0 Å². The molecule has 0 bridgehead atoms. The van der Waals surface area contributed by atoms with Gasteiger partial charge in [-0.3, -0.25) is 4.57 Å². The molecular formula is C39H29N4P. The molecule has 1 aliphatic carbocycles. The minimum Gasteiger partial charge on any atom is -0.281 e. The van der Waals surface area contributed by atoms with E-state index in [0.717, 1.165) is 24.0 Å². The zero-order valence-corrected chi connectivity index (χ0v) is 25.1. The van der Waals surface area contributed by atoms with E-state index in [-0.39, 0.29) is 0 Å². The number of benzene rings is 5. The minimum absolute atomic E-state index is 0.696. The van der Waals surface area contributed by atoms with Crippen molar-refractivity contribution in [3.8, 4) is 34.0 Å². The van der Waals surface area contributed by atoms with Crippen molar-refractivity contribution >= 4 is 39.4 Å². The van der Waals surface area contributed by atoms with Gasteiger partial charge >= 0.3 is 0 Å². The third kappa shape index (κ3) is 3.95. The molecule has 0 saturated heterocycles. The Balaban J connectivity index is 1.45. The van der Waals surface area contributed by atoms with Crippen molar-refractivity contribution < 1.29 is 0 Å². The normalized spacial score (nSPS) is 13.5. The highest BCUT2D eigenvalue weighted by Gasteiger charge is 2.27. The maximum Gasteiger partial charge on any atom is 0.238 e. The Kier molecular flexibility index (Phi) is 5.95. The number of rotatable bonds is 4. The molecule has 9 rings (SSSR count). The van der Waals surface area contributed by atoms with Crippen molar-refractivity contribution in [2.75, 3.05) is 0 Å². The van der Waals surface area contributed by atoms with Crippen molar-refractivity contribution in [2.45, 2.75) is 25.7 Å². The fraction of sp³-hybridized carbons (Fsp3) is 0.103. The lowest BCUT2D eigenvalue weighted by molar-refractivity contribution is 0.661. The zero-order chi connectivity index (χ0) is 29.0. The summed E-state index contributed by atoms with van der Waals surface area (Å²) in [6.45, 7) is 0. The molecule has 0 aliphatic heterocycles. The molecule has 5 aromatic carbocycles. The van der Waals surface area contributed by atoms with Crippen LogP contribution in [-0.2, 0) is 12.8 Å². The van der Waals surface area contributed by atoms with E-state index >= 15 is 0 Å². The monoisotopic (exact) mass is 584 g/mol. The molecule has 0 spiro atoms. The molecule has 0 amide bonds. The summed E-state index contributed by atoms with van der Waals surface area (Å²) in [5.41, 5.74) is 6.05. The van der Waals surface area contributed by atoms with Gasteiger partial charge in [0, 0.05) is 32.4 Å². The smallest absolute Gasteiger partial charge is 0.238 e. The molecule has 3 heterocycles. The summed E-state index contributed by atoms with van der Waals surface area (Å²) in [5.74, 6) is 2.10. The number of hydrogen-bond donors (Lipinski definition) is 0. The fourth-order valence-corrected chi connectivity index (χ4v) is 9.82. The molecule has 0 fully saturated rings. The largest absolute Gasteiger partial charge is 0.281 e. The van der Waals surface area contributed by atoms with Crippen LogP contribution >= 0.6 is 7.53 Å². The van der Waals surface area contributed by atoms with Gasteiger partial charge in [-0.05, 0) is 47.3 Å². The second kappa shape index (κ2) is 10.3. The van der Waals surface area contributed by atoms with Gasteiger partial charge in [-0.2, -0.15) is 9.97 Å². The number of nitrogens with zero attached hydrogens (tertiary/aromatic N) is 4. The topological polar surface area (TPSA) is 43.6 Å². The second-order valence-electron chi connectivity index (χ2n) is 11.5. The van der Waals surface area contributed by atoms with E-state index < -0.39 is 7.53 Å². The molecular weight excluding hydrogens is 555 g/mol. The first-order chi connectivity index (χ1) is 21.8. The van der Waals surface area contributed by atoms with Gasteiger partial charge in [0.2, 0.25) is 5.95 Å². The number of aromatic nitrogens is 4. The van der Waals surface area contributed by atoms with Crippen LogP contribution < -0.4 is 0 Å². The molecule has 5 heteroatoms. The number of aryl methyl sites for hydroxylation is 1. The predicted octanol–water partition coefficient (Wildman–Crippen LogP) is 10.3. The van der Waals surface area contributed by atoms with Gasteiger partial charge in [0.1, 0.15) is 0 Å². The first kappa shape index (κ1) is 25.4. The maximum atomic E-state index is 5.25. The summed E-state index contributed by atoms with van der Waals surface area (Å²) in [5, 5.41) is 8.24. The average molecular weight is 585 g/mol. The highest BCUT2D eigenvalue weighted by molar-refractivity contribution is 7.68. The maximum absolute atomic E-state index is 5.25. The Morgan fingerprint density at radius 1 is 0.523 bits per heavy atom. The van der Waals surface area contributed by atoms with Crippen molar-refractivity contribution in [2.24, 2.45) is 0 Å². The molecule has 0 N–H and O–H groups in total. The summed E-state index contributed by atoms with van der Waals surface area (Å²) in [6.07, 6.45) is 4.47. The SMILES string of the molecule is c1ccc(-c2nc(-c3ccccc3)nc(-n3c4c(c5ccc6c7ccccc7p(-c7ccccc7)c6c53)CCCC4)n2)cc1. The van der Waals surface area contributed by atoms with Gasteiger partial charge in [0.05, 0.1) is 5.52 Å². The summed E-state index contributed by atoms with van der Waals surface area (Å²) >= 11 is 0. The van der Waals surface area contributed by atoms with Crippen LogP contribution in [0.3, 0.4) is 0 Å². The summed E-state index contributed by atoms with van der Waals surface area (Å²) in [6, 6.07) is 45.4. The van der Waals surface area contributed by atoms with Gasteiger partial charge in [-0.1, -0.05) is 135 Å². The predicted molar refractivity (Wildman–Crippen MR) is 183 cm³/mol. The average Bonchev–Trinajstić information content (AvgIpc) is 3.62. The Morgan fingerprint density at radius 2 is 1.11 bits per heavy atom. The van der Waals surface area contributed by atoms with Gasteiger partial charge in [-0.15, -0.1) is 0 Å². The van der Waals surface area contributed by atoms with Crippen molar-refractivity contribution in [1.82, 2.24) is 19.5 Å². The van der Waals surface area contributed by atoms with Crippen LogP contribution in [0.15, 0.2) is 127 Å². The highest BCUT2D eigenvalue weighted by atomic mass is 31.1. The van der Waals surface area contributed by atoms with E-state index in [0.29, 0.717) is 17.6 Å². The Hall–Kier alpha value is -5.05. The molecule has 0 radical (unpaired) electrons. The minimum atomic E-state index is -0.762. The first-order valence-corrected chi connectivity index (χ1v) is 16.7. The van der Waals surface area contributed by atoms with E-state index in [1.807, 2.05) is 36.4 Å². The lowest BCUT2D eigenvalue weighted by atomic mass is 9.95. The van der Waals surface area contributed by atoms with E-state index in [2.05, 4.69) is 95.6 Å². The van der Waals surface area contributed by atoms with E-state index in [1.165, 1.54) is 61.3 Å². The van der Waals surface area contributed by atoms with Gasteiger partial charge in [0.25, 0.3) is 0 Å². The Morgan fingerprint density at radius 3 is 1.82 bits per heavy atom. The van der Waals surface area contributed by atoms with Crippen LogP contribution in [0, 0.1) is 0 Å². The standard InChI is InChI=1S/C39H29N4P/c1-4-14-26(15-5-1)37-40-38(27-16-6-2-7-17-27)42-39(41-37)43-33-22-12-10-20-29(33)31-24-25-32-30-21-11-13-23-34(30)44(36(32)35(31)43)28-18-8-3-9-19-28/h1-9,11,13-19,21,23-25H,10,12,20,22H2. The second-order valence-corrected chi connectivity index (χ2v) is 13.6. The number of hydrogen-bond acceptors (Lipinski definition) is 3. The van der Waals surface area contributed by atoms with Gasteiger partial charge < -0.3 is 0 Å². The molecule has 1 aliphatic rings. The fourth-order valence-electron chi connectivity index (χ4n) is 7.03. The van der Waals surface area contributed by atoms with E-state index in [9.17, 15) is 0 Å². The summed E-state index contributed by atoms with van der Waals surface area (Å²) in [4.78, 5) is 15.5. The first-order valence-electron chi connectivity index (χ1n) is 15.4. The summed E-state index contributed by atoms with van der Waals surface area (Å²) < 4.78 is 2.42. The summed E-state index contributed by atoms with van der Waals surface area (Å²) in [7, 11) is -0.762.